The first-order valence-corrected chi connectivity index (χ1v) is 10.9. The van der Waals surface area contributed by atoms with Crippen molar-refractivity contribution >= 4 is 17.5 Å². The fourth-order valence-corrected chi connectivity index (χ4v) is 3.71. The summed E-state index contributed by atoms with van der Waals surface area (Å²) in [6.45, 7) is 6.18. The van der Waals surface area contributed by atoms with E-state index in [9.17, 15) is 14.3 Å². The molecule has 162 valence electrons. The van der Waals surface area contributed by atoms with Crippen molar-refractivity contribution in [1.82, 2.24) is 14.8 Å². The van der Waals surface area contributed by atoms with Crippen LogP contribution in [0.3, 0.4) is 0 Å². The van der Waals surface area contributed by atoms with Crippen LogP contribution in [-0.4, -0.2) is 44.1 Å². The number of thioether (sulfide) groups is 1. The molecule has 0 saturated heterocycles. The van der Waals surface area contributed by atoms with Crippen molar-refractivity contribution in [3.8, 4) is 17.1 Å². The zero-order valence-corrected chi connectivity index (χ0v) is 18.0. The van der Waals surface area contributed by atoms with Gasteiger partial charge in [0.05, 0.1) is 6.10 Å². The van der Waals surface area contributed by atoms with Crippen molar-refractivity contribution < 1.29 is 19.0 Å². The lowest BCUT2D eigenvalue weighted by atomic mass is 10.1. The molecule has 0 saturated carbocycles. The van der Waals surface area contributed by atoms with Crippen LogP contribution in [0.25, 0.3) is 11.4 Å². The Morgan fingerprint density at radius 3 is 2.58 bits per heavy atom. The second-order valence-electron chi connectivity index (χ2n) is 6.79. The molecule has 0 radical (unpaired) electrons. The fourth-order valence-electron chi connectivity index (χ4n) is 2.85. The van der Waals surface area contributed by atoms with Crippen LogP contribution in [0, 0.1) is 5.82 Å². The highest BCUT2D eigenvalue weighted by Gasteiger charge is 2.16. The summed E-state index contributed by atoms with van der Waals surface area (Å²) >= 11 is 1.35. The average molecular weight is 442 g/mol. The molecule has 31 heavy (non-hydrogen) atoms. The Morgan fingerprint density at radius 1 is 1.23 bits per heavy atom. The largest absolute Gasteiger partial charge is 0.491 e. The molecule has 8 heteroatoms. The Kier molecular flexibility index (Phi) is 7.97. The van der Waals surface area contributed by atoms with Gasteiger partial charge in [0.2, 0.25) is 0 Å². The van der Waals surface area contributed by atoms with Gasteiger partial charge in [-0.1, -0.05) is 24.8 Å². The number of halogens is 1. The number of Topliss-reactive ketones (excluding diaryl/α,β-unsaturated/α-hetero) is 1. The van der Waals surface area contributed by atoms with Gasteiger partial charge in [0.25, 0.3) is 0 Å². The molecule has 1 heterocycles. The Bertz CT molecular complexity index is 1020. The van der Waals surface area contributed by atoms with E-state index < -0.39 is 6.10 Å². The third-order valence-corrected chi connectivity index (χ3v) is 5.59. The zero-order chi connectivity index (χ0) is 22.2. The molecule has 1 N–H and O–H groups in total. The Balaban J connectivity index is 1.58. The summed E-state index contributed by atoms with van der Waals surface area (Å²) in [5.74, 6) is 1.31. The predicted octanol–water partition coefficient (Wildman–Crippen LogP) is 4.39. The molecular weight excluding hydrogens is 417 g/mol. The monoisotopic (exact) mass is 441 g/mol. The van der Waals surface area contributed by atoms with Gasteiger partial charge in [-0.25, -0.2) is 4.39 Å². The van der Waals surface area contributed by atoms with Crippen molar-refractivity contribution in [3.63, 3.8) is 0 Å². The number of carbonyl (C=O) groups is 1. The molecule has 1 aromatic heterocycles. The zero-order valence-electron chi connectivity index (χ0n) is 17.2. The van der Waals surface area contributed by atoms with Gasteiger partial charge in [0.1, 0.15) is 18.2 Å². The molecule has 0 spiro atoms. The van der Waals surface area contributed by atoms with E-state index in [4.69, 9.17) is 4.74 Å². The number of hydrogen-bond donors (Lipinski definition) is 1. The van der Waals surface area contributed by atoms with Gasteiger partial charge >= 0.3 is 0 Å². The number of benzene rings is 2. The Morgan fingerprint density at radius 2 is 1.94 bits per heavy atom. The predicted molar refractivity (Wildman–Crippen MR) is 119 cm³/mol. The molecule has 3 rings (SSSR count). The van der Waals surface area contributed by atoms with E-state index in [2.05, 4.69) is 16.8 Å². The number of ketones is 1. The number of ether oxygens (including phenoxy) is 1. The number of aromatic nitrogens is 3. The maximum absolute atomic E-state index is 13.2. The number of aliphatic hydroxyl groups is 1. The van der Waals surface area contributed by atoms with E-state index in [1.165, 1.54) is 23.9 Å². The van der Waals surface area contributed by atoms with Crippen LogP contribution < -0.4 is 4.74 Å². The minimum atomic E-state index is -0.731. The van der Waals surface area contributed by atoms with Crippen LogP contribution in [0.15, 0.2) is 66.3 Å². The molecule has 0 aliphatic rings. The van der Waals surface area contributed by atoms with E-state index in [-0.39, 0.29) is 18.2 Å². The van der Waals surface area contributed by atoms with Crippen LogP contribution in [0.1, 0.15) is 23.7 Å². The van der Waals surface area contributed by atoms with Crippen molar-refractivity contribution in [2.24, 2.45) is 0 Å². The molecule has 0 amide bonds. The van der Waals surface area contributed by atoms with Crippen LogP contribution in [0.5, 0.6) is 5.75 Å². The van der Waals surface area contributed by atoms with Crippen LogP contribution in [0.2, 0.25) is 0 Å². The van der Waals surface area contributed by atoms with Gasteiger partial charge in [0.15, 0.2) is 16.8 Å². The quantitative estimate of drug-likeness (QED) is 0.270. The summed E-state index contributed by atoms with van der Waals surface area (Å²) < 4.78 is 20.7. The summed E-state index contributed by atoms with van der Waals surface area (Å²) in [4.78, 5) is 11.7. The maximum Gasteiger partial charge on any atom is 0.191 e. The van der Waals surface area contributed by atoms with Gasteiger partial charge in [-0.2, -0.15) is 0 Å². The molecule has 0 bridgehead atoms. The highest BCUT2D eigenvalue weighted by atomic mass is 32.2. The van der Waals surface area contributed by atoms with E-state index in [1.807, 2.05) is 11.5 Å². The first-order valence-electron chi connectivity index (χ1n) is 9.88. The number of nitrogens with zero attached hydrogens (tertiary/aromatic N) is 3. The lowest BCUT2D eigenvalue weighted by molar-refractivity contribution is 0.0987. The van der Waals surface area contributed by atoms with Gasteiger partial charge < -0.3 is 9.84 Å². The normalized spacial score (nSPS) is 11.8. The maximum atomic E-state index is 13.2. The molecule has 0 fully saturated rings. The van der Waals surface area contributed by atoms with Crippen molar-refractivity contribution in [2.75, 3.05) is 12.4 Å². The third kappa shape index (κ3) is 6.02. The van der Waals surface area contributed by atoms with Gasteiger partial charge in [-0.05, 0) is 48.5 Å². The fraction of sp³-hybridized carbons (Fsp3) is 0.261. The molecule has 2 aromatic carbocycles. The molecule has 0 unspecified atom stereocenters. The highest BCUT2D eigenvalue weighted by Crippen LogP contribution is 2.25. The van der Waals surface area contributed by atoms with Crippen molar-refractivity contribution in [3.05, 3.63) is 72.6 Å². The molecule has 3 aromatic rings. The first kappa shape index (κ1) is 22.7. The summed E-state index contributed by atoms with van der Waals surface area (Å²) in [5.41, 5.74) is 1.39. The lowest BCUT2D eigenvalue weighted by Gasteiger charge is -2.13. The number of carbonyl (C=O) groups excluding carboxylic acids is 1. The summed E-state index contributed by atoms with van der Waals surface area (Å²) in [6.07, 6.45) is 1.45. The van der Waals surface area contributed by atoms with E-state index in [0.717, 1.165) is 5.56 Å². The summed E-state index contributed by atoms with van der Waals surface area (Å²) in [6, 6.07) is 12.9. The topological polar surface area (TPSA) is 77.2 Å². The van der Waals surface area contributed by atoms with Crippen molar-refractivity contribution in [1.29, 1.82) is 0 Å². The SMILES string of the molecule is C=CCn1c(SC[C@@H](O)COc2ccc(C(=O)CC)cc2)nnc1-c1ccc(F)cc1. The minimum absolute atomic E-state index is 0.0756. The number of allylic oxidation sites excluding steroid dienone is 1. The second-order valence-corrected chi connectivity index (χ2v) is 7.78. The molecule has 0 aliphatic carbocycles. The van der Waals surface area contributed by atoms with Crippen LogP contribution >= 0.6 is 11.8 Å². The smallest absolute Gasteiger partial charge is 0.191 e. The van der Waals surface area contributed by atoms with Crippen LogP contribution in [0.4, 0.5) is 4.39 Å². The molecular formula is C23H24FN3O3S. The van der Waals surface area contributed by atoms with Gasteiger partial charge in [0, 0.05) is 29.8 Å². The Labute approximate surface area is 184 Å². The second kappa shape index (κ2) is 10.9. The van der Waals surface area contributed by atoms with Crippen LogP contribution in [-0.2, 0) is 6.54 Å². The summed E-state index contributed by atoms with van der Waals surface area (Å²) in [7, 11) is 0. The van der Waals surface area contributed by atoms with Crippen molar-refractivity contribution in [2.45, 2.75) is 31.1 Å². The summed E-state index contributed by atoms with van der Waals surface area (Å²) in [5, 5.41) is 19.4. The number of rotatable bonds is 11. The first-order chi connectivity index (χ1) is 15.0. The van der Waals surface area contributed by atoms with Gasteiger partial charge in [-0.3, -0.25) is 9.36 Å². The van der Waals surface area contributed by atoms with E-state index >= 15 is 0 Å². The number of hydrogen-bond acceptors (Lipinski definition) is 6. The Hall–Kier alpha value is -2.97. The average Bonchev–Trinajstić information content (AvgIpc) is 3.19. The lowest BCUT2D eigenvalue weighted by Crippen LogP contribution is -2.20. The van der Waals surface area contributed by atoms with E-state index in [0.29, 0.717) is 41.0 Å². The highest BCUT2D eigenvalue weighted by molar-refractivity contribution is 7.99. The standard InChI is InChI=1S/C23H24FN3O3S/c1-3-13-27-22(17-5-9-18(24)10-6-17)25-26-23(27)31-15-19(28)14-30-20-11-7-16(8-12-20)21(29)4-2/h3,5-12,19,28H,1,4,13-15H2,2H3/t19-/m0/s1. The molecule has 6 nitrogen and oxygen atoms in total. The van der Waals surface area contributed by atoms with Gasteiger partial charge in [-0.15, -0.1) is 16.8 Å². The molecule has 0 aliphatic heterocycles. The van der Waals surface area contributed by atoms with E-state index in [1.54, 1.807) is 42.5 Å². The minimum Gasteiger partial charge on any atom is -0.491 e. The third-order valence-electron chi connectivity index (χ3n) is 4.48. The number of aliphatic hydroxyl groups excluding tert-OH is 1. The molecule has 1 atom stereocenters.